The number of hydrogen-bond acceptors (Lipinski definition) is 2. The molecule has 2 aliphatic rings. The van der Waals surface area contributed by atoms with Crippen LogP contribution in [0.5, 0.6) is 0 Å². The van der Waals surface area contributed by atoms with Crippen LogP contribution in [0, 0.1) is 11.8 Å². The molecule has 0 aromatic rings. The lowest BCUT2D eigenvalue weighted by molar-refractivity contribution is -0.00812. The zero-order valence-electron chi connectivity index (χ0n) is 6.99. The number of fused-ring (bicyclic) bond motifs is 2. The van der Waals surface area contributed by atoms with Crippen LogP contribution < -0.4 is 0 Å². The van der Waals surface area contributed by atoms with Gasteiger partial charge in [-0.1, -0.05) is 0 Å². The van der Waals surface area contributed by atoms with Crippen molar-refractivity contribution in [2.75, 3.05) is 5.75 Å². The molecule has 2 fully saturated rings. The maximum absolute atomic E-state index is 5.71. The van der Waals surface area contributed by atoms with Crippen molar-refractivity contribution in [3.8, 4) is 0 Å². The average molecular weight is 172 g/mol. The second-order valence-electron chi connectivity index (χ2n) is 3.87. The molecule has 4 atom stereocenters. The smallest absolute Gasteiger partial charge is 0.0585 e. The minimum atomic E-state index is 0.527. The lowest BCUT2D eigenvalue weighted by atomic mass is 9.89. The van der Waals surface area contributed by atoms with Crippen LogP contribution >= 0.6 is 12.6 Å². The Hall–Kier alpha value is 0.310. The van der Waals surface area contributed by atoms with Crippen LogP contribution in [0.15, 0.2) is 0 Å². The van der Waals surface area contributed by atoms with Gasteiger partial charge in [-0.15, -0.1) is 0 Å². The second kappa shape index (κ2) is 2.98. The van der Waals surface area contributed by atoms with Crippen LogP contribution in [0.25, 0.3) is 0 Å². The molecule has 0 aromatic heterocycles. The predicted octanol–water partition coefficient (Wildman–Crippen LogP) is 2.12. The monoisotopic (exact) mass is 172 g/mol. The summed E-state index contributed by atoms with van der Waals surface area (Å²) < 4.78 is 5.71. The summed E-state index contributed by atoms with van der Waals surface area (Å²) in [5, 5.41) is 0. The van der Waals surface area contributed by atoms with E-state index in [0.717, 1.165) is 17.6 Å². The Morgan fingerprint density at radius 1 is 1.45 bits per heavy atom. The number of thiol groups is 1. The molecule has 0 amide bonds. The van der Waals surface area contributed by atoms with Crippen LogP contribution in [0.2, 0.25) is 0 Å². The van der Waals surface area contributed by atoms with Crippen molar-refractivity contribution in [1.29, 1.82) is 0 Å². The van der Waals surface area contributed by atoms with E-state index >= 15 is 0 Å². The lowest BCUT2D eigenvalue weighted by Crippen LogP contribution is -2.25. The highest BCUT2D eigenvalue weighted by Gasteiger charge is 2.44. The summed E-state index contributed by atoms with van der Waals surface area (Å²) in [6.07, 6.45) is 5.03. The van der Waals surface area contributed by atoms with Gasteiger partial charge in [0.15, 0.2) is 0 Å². The van der Waals surface area contributed by atoms with Crippen molar-refractivity contribution in [2.45, 2.75) is 38.4 Å². The first kappa shape index (κ1) is 7.93. The summed E-state index contributed by atoms with van der Waals surface area (Å²) in [7, 11) is 0. The van der Waals surface area contributed by atoms with Gasteiger partial charge < -0.3 is 4.74 Å². The molecule has 64 valence electrons. The summed E-state index contributed by atoms with van der Waals surface area (Å²) in [4.78, 5) is 0. The Kier molecular flexibility index (Phi) is 2.15. The van der Waals surface area contributed by atoms with E-state index in [-0.39, 0.29) is 0 Å². The molecule has 2 rings (SSSR count). The first-order valence-corrected chi connectivity index (χ1v) is 5.21. The molecule has 1 aliphatic carbocycles. The van der Waals surface area contributed by atoms with E-state index in [2.05, 4.69) is 19.6 Å². The molecular weight excluding hydrogens is 156 g/mol. The Morgan fingerprint density at radius 3 is 2.82 bits per heavy atom. The first-order chi connectivity index (χ1) is 5.31. The van der Waals surface area contributed by atoms with Gasteiger partial charge in [0.1, 0.15) is 0 Å². The highest BCUT2D eigenvalue weighted by atomic mass is 32.1. The molecule has 1 saturated heterocycles. The van der Waals surface area contributed by atoms with Crippen molar-refractivity contribution >= 4 is 12.6 Å². The predicted molar refractivity (Wildman–Crippen MR) is 49.0 cm³/mol. The van der Waals surface area contributed by atoms with Crippen LogP contribution in [0.4, 0.5) is 0 Å². The van der Waals surface area contributed by atoms with Gasteiger partial charge >= 0.3 is 0 Å². The molecular formula is C9H16OS. The summed E-state index contributed by atoms with van der Waals surface area (Å²) >= 11 is 4.28. The molecule has 0 radical (unpaired) electrons. The van der Waals surface area contributed by atoms with Crippen LogP contribution in [0.3, 0.4) is 0 Å². The van der Waals surface area contributed by atoms with E-state index in [1.807, 2.05) is 0 Å². The second-order valence-corrected chi connectivity index (χ2v) is 4.32. The average Bonchev–Trinajstić information content (AvgIpc) is 2.46. The van der Waals surface area contributed by atoms with E-state index in [9.17, 15) is 0 Å². The Bertz CT molecular complexity index is 148. The van der Waals surface area contributed by atoms with Crippen molar-refractivity contribution in [1.82, 2.24) is 0 Å². The standard InChI is InChI=1S/C9H16OS/c1-6-9-5-8(10-6)4-7(9)2-3-11/h6-9,11H,2-5H2,1H3. The molecule has 0 spiro atoms. The Balaban J connectivity index is 1.96. The SMILES string of the molecule is CC1OC2CC(CCS)C1C2. The normalized spacial score (nSPS) is 48.5. The Labute approximate surface area is 73.9 Å². The Morgan fingerprint density at radius 2 is 2.27 bits per heavy atom. The quantitative estimate of drug-likeness (QED) is 0.628. The van der Waals surface area contributed by atoms with Gasteiger partial charge in [0.2, 0.25) is 0 Å². The third kappa shape index (κ3) is 1.31. The van der Waals surface area contributed by atoms with E-state index in [1.54, 1.807) is 0 Å². The topological polar surface area (TPSA) is 9.23 Å². The molecule has 2 heteroatoms. The van der Waals surface area contributed by atoms with E-state index in [0.29, 0.717) is 12.2 Å². The van der Waals surface area contributed by atoms with Gasteiger partial charge in [0.05, 0.1) is 12.2 Å². The molecule has 11 heavy (non-hydrogen) atoms. The van der Waals surface area contributed by atoms with Crippen molar-refractivity contribution in [2.24, 2.45) is 11.8 Å². The van der Waals surface area contributed by atoms with Gasteiger partial charge in [-0.05, 0) is 43.8 Å². The molecule has 1 heterocycles. The molecule has 1 saturated carbocycles. The fourth-order valence-corrected chi connectivity index (χ4v) is 3.02. The van der Waals surface area contributed by atoms with E-state index in [4.69, 9.17) is 4.74 Å². The van der Waals surface area contributed by atoms with Gasteiger partial charge in [-0.25, -0.2) is 0 Å². The third-order valence-electron chi connectivity index (χ3n) is 3.22. The van der Waals surface area contributed by atoms with E-state index < -0.39 is 0 Å². The van der Waals surface area contributed by atoms with Crippen LogP contribution in [-0.4, -0.2) is 18.0 Å². The molecule has 2 bridgehead atoms. The number of hydrogen-bond donors (Lipinski definition) is 1. The number of ether oxygens (including phenoxy) is 1. The van der Waals surface area contributed by atoms with Crippen molar-refractivity contribution in [3.05, 3.63) is 0 Å². The summed E-state index contributed by atoms with van der Waals surface area (Å²) in [5.74, 6) is 2.81. The van der Waals surface area contributed by atoms with E-state index in [1.165, 1.54) is 19.3 Å². The number of rotatable bonds is 2. The molecule has 4 unspecified atom stereocenters. The zero-order valence-corrected chi connectivity index (χ0v) is 7.89. The first-order valence-electron chi connectivity index (χ1n) is 4.57. The highest BCUT2D eigenvalue weighted by Crippen LogP contribution is 2.45. The molecule has 1 nitrogen and oxygen atoms in total. The largest absolute Gasteiger partial charge is 0.375 e. The van der Waals surface area contributed by atoms with Crippen LogP contribution in [0.1, 0.15) is 26.2 Å². The van der Waals surface area contributed by atoms with Crippen molar-refractivity contribution in [3.63, 3.8) is 0 Å². The van der Waals surface area contributed by atoms with Crippen molar-refractivity contribution < 1.29 is 4.74 Å². The van der Waals surface area contributed by atoms with Gasteiger partial charge in [0.25, 0.3) is 0 Å². The minimum absolute atomic E-state index is 0.527. The molecule has 0 aromatic carbocycles. The van der Waals surface area contributed by atoms with Gasteiger partial charge in [-0.3, -0.25) is 0 Å². The fraction of sp³-hybridized carbons (Fsp3) is 1.00. The van der Waals surface area contributed by atoms with Gasteiger partial charge in [-0.2, -0.15) is 12.6 Å². The minimum Gasteiger partial charge on any atom is -0.375 e. The lowest BCUT2D eigenvalue weighted by Gasteiger charge is -2.26. The van der Waals surface area contributed by atoms with Gasteiger partial charge in [0, 0.05) is 0 Å². The fourth-order valence-electron chi connectivity index (χ4n) is 2.69. The van der Waals surface area contributed by atoms with Crippen LogP contribution in [-0.2, 0) is 4.74 Å². The molecule has 0 N–H and O–H groups in total. The maximum Gasteiger partial charge on any atom is 0.0585 e. The summed E-state index contributed by atoms with van der Waals surface area (Å²) in [5.41, 5.74) is 0. The molecule has 1 aliphatic heterocycles. The third-order valence-corrected chi connectivity index (χ3v) is 3.47. The summed E-state index contributed by atoms with van der Waals surface area (Å²) in [6.45, 7) is 2.22. The maximum atomic E-state index is 5.71. The zero-order chi connectivity index (χ0) is 7.84. The summed E-state index contributed by atoms with van der Waals surface area (Å²) in [6, 6.07) is 0. The highest BCUT2D eigenvalue weighted by molar-refractivity contribution is 7.80.